The van der Waals surface area contributed by atoms with Gasteiger partial charge in [-0.1, -0.05) is 30.7 Å². The van der Waals surface area contributed by atoms with Crippen molar-refractivity contribution in [2.45, 2.75) is 19.4 Å². The third-order valence-corrected chi connectivity index (χ3v) is 2.90. The molecule has 104 valence electrons. The van der Waals surface area contributed by atoms with Crippen LogP contribution >= 0.6 is 11.6 Å². The molecule has 2 rings (SSSR count). The molecule has 0 aliphatic carbocycles. The number of ether oxygens (including phenoxy) is 1. The average Bonchev–Trinajstić information content (AvgIpc) is 2.47. The number of aromatic nitrogens is 2. The number of hydrogen-bond acceptors (Lipinski definition) is 4. The molecule has 1 aromatic heterocycles. The summed E-state index contributed by atoms with van der Waals surface area (Å²) >= 11 is 6.01. The van der Waals surface area contributed by atoms with Crippen LogP contribution in [0.3, 0.4) is 0 Å². The molecule has 0 aliphatic heterocycles. The molecule has 20 heavy (non-hydrogen) atoms. The van der Waals surface area contributed by atoms with Gasteiger partial charge in [-0.05, 0) is 30.7 Å². The molecule has 0 radical (unpaired) electrons. The van der Waals surface area contributed by atoms with E-state index in [-0.39, 0.29) is 5.91 Å². The molecule has 2 aromatic rings. The van der Waals surface area contributed by atoms with Crippen molar-refractivity contribution in [3.8, 4) is 5.75 Å². The van der Waals surface area contributed by atoms with Crippen molar-refractivity contribution in [1.82, 2.24) is 10.2 Å². The van der Waals surface area contributed by atoms with Crippen LogP contribution in [0.5, 0.6) is 5.75 Å². The fourth-order valence-corrected chi connectivity index (χ4v) is 1.77. The summed E-state index contributed by atoms with van der Waals surface area (Å²) in [7, 11) is 0. The first kappa shape index (κ1) is 14.3. The smallest absolute Gasteiger partial charge is 0.266 e. The third-order valence-electron chi connectivity index (χ3n) is 2.59. The van der Waals surface area contributed by atoms with E-state index in [0.717, 1.165) is 0 Å². The zero-order chi connectivity index (χ0) is 14.4. The highest BCUT2D eigenvalue weighted by atomic mass is 35.5. The van der Waals surface area contributed by atoms with Gasteiger partial charge in [0.05, 0.1) is 5.02 Å². The van der Waals surface area contributed by atoms with Crippen molar-refractivity contribution in [3.63, 3.8) is 0 Å². The molecule has 0 spiro atoms. The number of amides is 1. The largest absolute Gasteiger partial charge is 0.479 e. The monoisotopic (exact) mass is 291 g/mol. The van der Waals surface area contributed by atoms with E-state index in [0.29, 0.717) is 23.0 Å². The van der Waals surface area contributed by atoms with Gasteiger partial charge in [0, 0.05) is 6.20 Å². The number of para-hydroxylation sites is 1. The number of anilines is 1. The maximum Gasteiger partial charge on any atom is 0.266 e. The second kappa shape index (κ2) is 6.86. The van der Waals surface area contributed by atoms with Crippen LogP contribution in [0.25, 0.3) is 0 Å². The molecule has 1 heterocycles. The zero-order valence-corrected chi connectivity index (χ0v) is 11.7. The molecule has 0 fully saturated rings. The van der Waals surface area contributed by atoms with Gasteiger partial charge in [0.25, 0.3) is 5.91 Å². The van der Waals surface area contributed by atoms with Crippen molar-refractivity contribution < 1.29 is 9.53 Å². The second-order valence-corrected chi connectivity index (χ2v) is 4.45. The molecular weight excluding hydrogens is 278 g/mol. The first-order chi connectivity index (χ1) is 9.70. The van der Waals surface area contributed by atoms with Crippen LogP contribution in [0, 0.1) is 0 Å². The van der Waals surface area contributed by atoms with Crippen molar-refractivity contribution in [2.75, 3.05) is 5.32 Å². The normalized spacial score (nSPS) is 11.7. The Balaban J connectivity index is 2.05. The predicted molar refractivity (Wildman–Crippen MR) is 76.8 cm³/mol. The summed E-state index contributed by atoms with van der Waals surface area (Å²) in [6.07, 6.45) is 1.40. The van der Waals surface area contributed by atoms with E-state index in [1.807, 2.05) is 6.92 Å². The van der Waals surface area contributed by atoms with Gasteiger partial charge in [-0.15, -0.1) is 5.10 Å². The van der Waals surface area contributed by atoms with Crippen molar-refractivity contribution in [3.05, 3.63) is 47.6 Å². The van der Waals surface area contributed by atoms with E-state index in [4.69, 9.17) is 16.3 Å². The SMILES string of the molecule is CCC(Oc1ccccc1Cl)C(=O)Nc1cccnn1. The van der Waals surface area contributed by atoms with Gasteiger partial charge in [-0.25, -0.2) is 0 Å². The standard InChI is InChI=1S/C14H14ClN3O2/c1-2-11(20-12-7-4-3-6-10(12)15)14(19)17-13-8-5-9-16-18-13/h3-9,11H,2H2,1H3,(H,17,18,19). The second-order valence-electron chi connectivity index (χ2n) is 4.04. The van der Waals surface area contributed by atoms with E-state index in [1.165, 1.54) is 6.20 Å². The van der Waals surface area contributed by atoms with Crippen LogP contribution in [0.4, 0.5) is 5.82 Å². The lowest BCUT2D eigenvalue weighted by Gasteiger charge is -2.17. The average molecular weight is 292 g/mol. The Labute approximate surface area is 121 Å². The fraction of sp³-hybridized carbons (Fsp3) is 0.214. The van der Waals surface area contributed by atoms with Crippen molar-refractivity contribution >= 4 is 23.3 Å². The van der Waals surface area contributed by atoms with Crippen molar-refractivity contribution in [2.24, 2.45) is 0 Å². The van der Waals surface area contributed by atoms with Crippen molar-refractivity contribution in [1.29, 1.82) is 0 Å². The minimum atomic E-state index is -0.642. The summed E-state index contributed by atoms with van der Waals surface area (Å²) in [5.41, 5.74) is 0. The van der Waals surface area contributed by atoms with Crippen LogP contribution in [-0.2, 0) is 4.79 Å². The number of carbonyl (C=O) groups is 1. The maximum atomic E-state index is 12.1. The van der Waals surface area contributed by atoms with E-state index in [2.05, 4.69) is 15.5 Å². The van der Waals surface area contributed by atoms with Crippen LogP contribution in [0.2, 0.25) is 5.02 Å². The van der Waals surface area contributed by atoms with Gasteiger partial charge in [-0.2, -0.15) is 5.10 Å². The molecule has 0 aliphatic rings. The number of carbonyl (C=O) groups excluding carboxylic acids is 1. The summed E-state index contributed by atoms with van der Waals surface area (Å²) in [6, 6.07) is 10.4. The molecular formula is C14H14ClN3O2. The highest BCUT2D eigenvalue weighted by Gasteiger charge is 2.19. The zero-order valence-electron chi connectivity index (χ0n) is 10.9. The highest BCUT2D eigenvalue weighted by Crippen LogP contribution is 2.25. The highest BCUT2D eigenvalue weighted by molar-refractivity contribution is 6.32. The summed E-state index contributed by atoms with van der Waals surface area (Å²) in [6.45, 7) is 1.86. The minimum Gasteiger partial charge on any atom is -0.479 e. The first-order valence-electron chi connectivity index (χ1n) is 6.20. The predicted octanol–water partition coefficient (Wildman–Crippen LogP) is 2.93. The number of nitrogens with one attached hydrogen (secondary N) is 1. The Morgan fingerprint density at radius 1 is 1.35 bits per heavy atom. The molecule has 1 unspecified atom stereocenters. The summed E-state index contributed by atoms with van der Waals surface area (Å²) in [5, 5.41) is 10.6. The number of rotatable bonds is 5. The molecule has 1 amide bonds. The van der Waals surface area contributed by atoms with E-state index >= 15 is 0 Å². The van der Waals surface area contributed by atoms with E-state index in [1.54, 1.807) is 36.4 Å². The Kier molecular flexibility index (Phi) is 4.90. The molecule has 1 aromatic carbocycles. The number of nitrogens with zero attached hydrogens (tertiary/aromatic N) is 2. The number of halogens is 1. The van der Waals surface area contributed by atoms with E-state index < -0.39 is 6.10 Å². The quantitative estimate of drug-likeness (QED) is 0.920. The van der Waals surface area contributed by atoms with Gasteiger partial charge < -0.3 is 10.1 Å². The van der Waals surface area contributed by atoms with Gasteiger partial charge in [0.2, 0.25) is 0 Å². The van der Waals surface area contributed by atoms with Gasteiger partial charge in [0.15, 0.2) is 11.9 Å². The Morgan fingerprint density at radius 2 is 2.15 bits per heavy atom. The minimum absolute atomic E-state index is 0.284. The van der Waals surface area contributed by atoms with Crippen LogP contribution < -0.4 is 10.1 Å². The number of benzene rings is 1. The van der Waals surface area contributed by atoms with Crippen LogP contribution in [0.15, 0.2) is 42.6 Å². The van der Waals surface area contributed by atoms with Gasteiger partial charge in [-0.3, -0.25) is 4.79 Å². The lowest BCUT2D eigenvalue weighted by molar-refractivity contribution is -0.122. The van der Waals surface area contributed by atoms with E-state index in [9.17, 15) is 4.79 Å². The number of hydrogen-bond donors (Lipinski definition) is 1. The molecule has 0 saturated carbocycles. The lowest BCUT2D eigenvalue weighted by atomic mass is 10.2. The van der Waals surface area contributed by atoms with Crippen LogP contribution in [-0.4, -0.2) is 22.2 Å². The molecule has 5 nitrogen and oxygen atoms in total. The molecule has 1 N–H and O–H groups in total. The Bertz CT molecular complexity index is 578. The third kappa shape index (κ3) is 3.68. The fourth-order valence-electron chi connectivity index (χ4n) is 1.59. The Morgan fingerprint density at radius 3 is 2.80 bits per heavy atom. The topological polar surface area (TPSA) is 64.1 Å². The molecule has 1 atom stereocenters. The first-order valence-corrected chi connectivity index (χ1v) is 6.58. The Hall–Kier alpha value is -2.14. The summed E-state index contributed by atoms with van der Waals surface area (Å²) < 4.78 is 5.64. The lowest BCUT2D eigenvalue weighted by Crippen LogP contribution is -2.32. The molecule has 6 heteroatoms. The molecule has 0 bridgehead atoms. The maximum absolute atomic E-state index is 12.1. The van der Waals surface area contributed by atoms with Gasteiger partial charge >= 0.3 is 0 Å². The van der Waals surface area contributed by atoms with Crippen LogP contribution in [0.1, 0.15) is 13.3 Å². The summed E-state index contributed by atoms with van der Waals surface area (Å²) in [4.78, 5) is 12.1. The summed E-state index contributed by atoms with van der Waals surface area (Å²) in [5.74, 6) is 0.585. The van der Waals surface area contributed by atoms with Gasteiger partial charge in [0.1, 0.15) is 5.75 Å². The molecule has 0 saturated heterocycles.